The molecule has 102 valence electrons. The Morgan fingerprint density at radius 3 is 2.61 bits per heavy atom. The molecular weight excluding hydrogens is 267 g/mol. The van der Waals surface area contributed by atoms with Crippen molar-refractivity contribution < 1.29 is 23.1 Å². The standard InChI is InChI=1S/C11H14F3NO2S/c1-2-15(7-8-4-3-5-18-8)9(6-10(16)17)11(12,13)14/h3-5,9H,2,6-7H2,1H3,(H,16,17). The number of hydrogen-bond donors (Lipinski definition) is 1. The van der Waals surface area contributed by atoms with Crippen LogP contribution >= 0.6 is 11.3 Å². The zero-order chi connectivity index (χ0) is 13.8. The second kappa shape index (κ2) is 6.19. The molecule has 0 aliphatic rings. The molecule has 1 N–H and O–H groups in total. The van der Waals surface area contributed by atoms with Crippen molar-refractivity contribution in [2.75, 3.05) is 6.54 Å². The van der Waals surface area contributed by atoms with Crippen LogP contribution in [0, 0.1) is 0 Å². The van der Waals surface area contributed by atoms with Crippen LogP contribution in [0.2, 0.25) is 0 Å². The molecule has 1 atom stereocenters. The molecule has 0 bridgehead atoms. The third kappa shape index (κ3) is 4.30. The van der Waals surface area contributed by atoms with Crippen molar-refractivity contribution in [3.63, 3.8) is 0 Å². The van der Waals surface area contributed by atoms with E-state index >= 15 is 0 Å². The van der Waals surface area contributed by atoms with E-state index in [4.69, 9.17) is 5.11 Å². The smallest absolute Gasteiger partial charge is 0.404 e. The lowest BCUT2D eigenvalue weighted by Crippen LogP contribution is -2.46. The average molecular weight is 281 g/mol. The molecule has 0 aromatic carbocycles. The lowest BCUT2D eigenvalue weighted by Gasteiger charge is -2.30. The normalized spacial score (nSPS) is 13.8. The molecule has 0 saturated carbocycles. The predicted molar refractivity (Wildman–Crippen MR) is 62.5 cm³/mol. The highest BCUT2D eigenvalue weighted by atomic mass is 32.1. The van der Waals surface area contributed by atoms with Gasteiger partial charge in [0, 0.05) is 11.4 Å². The lowest BCUT2D eigenvalue weighted by molar-refractivity contribution is -0.191. The fraction of sp³-hybridized carbons (Fsp3) is 0.545. The summed E-state index contributed by atoms with van der Waals surface area (Å²) in [5.74, 6) is -1.44. The van der Waals surface area contributed by atoms with Gasteiger partial charge in [-0.2, -0.15) is 13.2 Å². The number of rotatable bonds is 6. The second-order valence-corrected chi connectivity index (χ2v) is 4.83. The first-order valence-electron chi connectivity index (χ1n) is 5.39. The Kier molecular flexibility index (Phi) is 5.15. The van der Waals surface area contributed by atoms with Crippen molar-refractivity contribution in [2.45, 2.75) is 32.1 Å². The van der Waals surface area contributed by atoms with Crippen LogP contribution in [-0.2, 0) is 11.3 Å². The first kappa shape index (κ1) is 15.0. The molecule has 1 heterocycles. The zero-order valence-corrected chi connectivity index (χ0v) is 10.6. The summed E-state index contributed by atoms with van der Waals surface area (Å²) in [6.45, 7) is 1.86. The Bertz CT molecular complexity index is 378. The molecule has 0 spiro atoms. The van der Waals surface area contributed by atoms with Crippen LogP contribution < -0.4 is 0 Å². The highest BCUT2D eigenvalue weighted by molar-refractivity contribution is 7.09. The van der Waals surface area contributed by atoms with Gasteiger partial charge < -0.3 is 5.11 Å². The monoisotopic (exact) mass is 281 g/mol. The number of aliphatic carboxylic acids is 1. The first-order valence-corrected chi connectivity index (χ1v) is 6.27. The lowest BCUT2D eigenvalue weighted by atomic mass is 10.1. The fourth-order valence-electron chi connectivity index (χ4n) is 1.66. The Hall–Kier alpha value is -1.08. The molecule has 18 heavy (non-hydrogen) atoms. The number of halogens is 3. The van der Waals surface area contributed by atoms with E-state index in [0.29, 0.717) is 0 Å². The van der Waals surface area contributed by atoms with Gasteiger partial charge in [0.05, 0.1) is 6.42 Å². The quantitative estimate of drug-likeness (QED) is 0.871. The summed E-state index contributed by atoms with van der Waals surface area (Å²) in [6.07, 6.45) is -5.46. The number of hydrogen-bond acceptors (Lipinski definition) is 3. The van der Waals surface area contributed by atoms with Crippen LogP contribution in [0.4, 0.5) is 13.2 Å². The number of carboxylic acid groups (broad SMARTS) is 1. The van der Waals surface area contributed by atoms with Gasteiger partial charge in [-0.05, 0) is 18.0 Å². The Morgan fingerprint density at radius 2 is 2.22 bits per heavy atom. The summed E-state index contributed by atoms with van der Waals surface area (Å²) < 4.78 is 38.5. The van der Waals surface area contributed by atoms with Crippen molar-refractivity contribution in [3.8, 4) is 0 Å². The fourth-order valence-corrected chi connectivity index (χ4v) is 2.39. The summed E-state index contributed by atoms with van der Waals surface area (Å²) in [4.78, 5) is 12.5. The van der Waals surface area contributed by atoms with Gasteiger partial charge in [-0.3, -0.25) is 9.69 Å². The van der Waals surface area contributed by atoms with Crippen molar-refractivity contribution >= 4 is 17.3 Å². The summed E-state index contributed by atoms with van der Waals surface area (Å²) in [6, 6.07) is 1.55. The second-order valence-electron chi connectivity index (χ2n) is 3.80. The highest BCUT2D eigenvalue weighted by Gasteiger charge is 2.44. The minimum absolute atomic E-state index is 0.117. The van der Waals surface area contributed by atoms with Gasteiger partial charge in [-0.25, -0.2) is 0 Å². The number of carboxylic acids is 1. The average Bonchev–Trinajstić information content (AvgIpc) is 2.74. The van der Waals surface area contributed by atoms with E-state index in [1.807, 2.05) is 0 Å². The molecule has 3 nitrogen and oxygen atoms in total. The summed E-state index contributed by atoms with van der Waals surface area (Å²) >= 11 is 1.36. The molecule has 1 rings (SSSR count). The molecule has 7 heteroatoms. The van der Waals surface area contributed by atoms with Gasteiger partial charge in [0.2, 0.25) is 0 Å². The van der Waals surface area contributed by atoms with Crippen LogP contribution in [-0.4, -0.2) is 34.7 Å². The molecule has 0 radical (unpaired) electrons. The first-order chi connectivity index (χ1) is 8.34. The Morgan fingerprint density at radius 1 is 1.56 bits per heavy atom. The third-order valence-corrected chi connectivity index (χ3v) is 3.39. The van der Waals surface area contributed by atoms with E-state index < -0.39 is 24.6 Å². The summed E-state index contributed by atoms with van der Waals surface area (Å²) in [5.41, 5.74) is 0. The minimum atomic E-state index is -4.54. The third-order valence-electron chi connectivity index (χ3n) is 2.53. The molecule has 1 aromatic rings. The van der Waals surface area contributed by atoms with Crippen LogP contribution in [0.15, 0.2) is 17.5 Å². The number of nitrogens with zero attached hydrogens (tertiary/aromatic N) is 1. The van der Waals surface area contributed by atoms with Gasteiger partial charge >= 0.3 is 12.1 Å². The van der Waals surface area contributed by atoms with Gasteiger partial charge in [-0.1, -0.05) is 13.0 Å². The minimum Gasteiger partial charge on any atom is -0.481 e. The SMILES string of the molecule is CCN(Cc1cccs1)C(CC(=O)O)C(F)(F)F. The van der Waals surface area contributed by atoms with Crippen LogP contribution in [0.5, 0.6) is 0 Å². The van der Waals surface area contributed by atoms with E-state index in [2.05, 4.69) is 0 Å². The zero-order valence-electron chi connectivity index (χ0n) is 9.78. The molecule has 0 saturated heterocycles. The largest absolute Gasteiger partial charge is 0.481 e. The maximum atomic E-state index is 12.8. The molecule has 1 unspecified atom stereocenters. The van der Waals surface area contributed by atoms with E-state index in [0.717, 1.165) is 9.78 Å². The van der Waals surface area contributed by atoms with E-state index in [9.17, 15) is 18.0 Å². The topological polar surface area (TPSA) is 40.5 Å². The van der Waals surface area contributed by atoms with Crippen LogP contribution in [0.3, 0.4) is 0 Å². The van der Waals surface area contributed by atoms with Crippen molar-refractivity contribution in [3.05, 3.63) is 22.4 Å². The van der Waals surface area contributed by atoms with Crippen LogP contribution in [0.1, 0.15) is 18.2 Å². The van der Waals surface area contributed by atoms with Gasteiger partial charge in [-0.15, -0.1) is 11.3 Å². The molecule has 0 aliphatic heterocycles. The van der Waals surface area contributed by atoms with Gasteiger partial charge in [0.1, 0.15) is 6.04 Å². The van der Waals surface area contributed by atoms with E-state index in [1.165, 1.54) is 11.3 Å². The number of thiophene rings is 1. The summed E-state index contributed by atoms with van der Waals surface area (Å²) in [5, 5.41) is 10.4. The maximum absolute atomic E-state index is 12.8. The Balaban J connectivity index is 2.83. The Labute approximate surface area is 107 Å². The molecule has 0 amide bonds. The number of alkyl halides is 3. The van der Waals surface area contributed by atoms with E-state index in [1.54, 1.807) is 24.4 Å². The van der Waals surface area contributed by atoms with Crippen molar-refractivity contribution in [1.82, 2.24) is 4.90 Å². The van der Waals surface area contributed by atoms with Crippen molar-refractivity contribution in [1.29, 1.82) is 0 Å². The van der Waals surface area contributed by atoms with Crippen LogP contribution in [0.25, 0.3) is 0 Å². The maximum Gasteiger partial charge on any atom is 0.404 e. The van der Waals surface area contributed by atoms with Crippen molar-refractivity contribution in [2.24, 2.45) is 0 Å². The highest BCUT2D eigenvalue weighted by Crippen LogP contribution is 2.29. The molecule has 0 aliphatic carbocycles. The molecule has 0 fully saturated rings. The molecule has 1 aromatic heterocycles. The predicted octanol–water partition coefficient (Wildman–Crippen LogP) is 2.98. The van der Waals surface area contributed by atoms with Gasteiger partial charge in [0.25, 0.3) is 0 Å². The van der Waals surface area contributed by atoms with E-state index in [-0.39, 0.29) is 13.1 Å². The van der Waals surface area contributed by atoms with Gasteiger partial charge in [0.15, 0.2) is 0 Å². The summed E-state index contributed by atoms with van der Waals surface area (Å²) in [7, 11) is 0. The molecular formula is C11H14F3NO2S. The number of carbonyl (C=O) groups is 1.